The number of aromatic amines is 1. The topological polar surface area (TPSA) is 118 Å². The molecule has 0 unspecified atom stereocenters. The van der Waals surface area contributed by atoms with Crippen LogP contribution in [0.4, 0.5) is 0 Å². The lowest BCUT2D eigenvalue weighted by Crippen LogP contribution is -2.71. The first-order chi connectivity index (χ1) is 20.0. The summed E-state index contributed by atoms with van der Waals surface area (Å²) in [4.78, 5) is 50.7. The highest BCUT2D eigenvalue weighted by Gasteiger charge is 2.72. The smallest absolute Gasteiger partial charge is 0.281 e. The first kappa shape index (κ1) is 27.6. The summed E-state index contributed by atoms with van der Waals surface area (Å²) >= 11 is 0. The number of carbonyl (C=O) groups excluding carboxylic acids is 3. The lowest BCUT2D eigenvalue weighted by atomic mass is 9.79. The Morgan fingerprint density at radius 3 is 2.76 bits per heavy atom. The van der Waals surface area contributed by atoms with Crippen LogP contribution in [-0.4, -0.2) is 92.4 Å². The number of rotatable bonds is 5. The number of likely N-dealkylation sites (N-methyl/N-ethyl adjacent to an activating group) is 1. The first-order valence-corrected chi connectivity index (χ1v) is 15.4. The second kappa shape index (κ2) is 9.39. The molecular formula is C32H41N5O5. The lowest BCUT2D eigenvalue weighted by molar-refractivity contribution is -0.322. The number of piperazine rings is 1. The van der Waals surface area contributed by atoms with Gasteiger partial charge in [0.1, 0.15) is 12.1 Å². The van der Waals surface area contributed by atoms with Gasteiger partial charge in [-0.25, -0.2) is 0 Å². The molecule has 1 aliphatic carbocycles. The molecule has 6 atom stereocenters. The van der Waals surface area contributed by atoms with E-state index in [-0.39, 0.29) is 23.8 Å². The number of hydrogen-bond acceptors (Lipinski definition) is 6. The zero-order chi connectivity index (χ0) is 29.7. The van der Waals surface area contributed by atoms with Crippen molar-refractivity contribution < 1.29 is 24.2 Å². The van der Waals surface area contributed by atoms with E-state index in [1.165, 1.54) is 15.8 Å². The summed E-state index contributed by atoms with van der Waals surface area (Å²) in [6, 6.07) is 4.84. The van der Waals surface area contributed by atoms with Gasteiger partial charge in [-0.15, -0.1) is 0 Å². The molecule has 1 aromatic carbocycles. The Labute approximate surface area is 246 Å². The molecule has 1 aromatic heterocycles. The molecule has 10 heteroatoms. The van der Waals surface area contributed by atoms with Crippen molar-refractivity contribution in [2.45, 2.75) is 83.1 Å². The second-order valence-corrected chi connectivity index (χ2v) is 13.6. The number of aromatic nitrogens is 1. The fourth-order valence-corrected chi connectivity index (χ4v) is 8.10. The number of hydrogen-bond donors (Lipinski definition) is 3. The van der Waals surface area contributed by atoms with E-state index in [2.05, 4.69) is 33.5 Å². The Balaban J connectivity index is 1.24. The van der Waals surface area contributed by atoms with E-state index in [4.69, 9.17) is 4.74 Å². The van der Waals surface area contributed by atoms with Gasteiger partial charge >= 0.3 is 0 Å². The molecule has 42 heavy (non-hydrogen) atoms. The lowest BCUT2D eigenvalue weighted by Gasteiger charge is -2.49. The molecule has 0 spiro atoms. The van der Waals surface area contributed by atoms with Gasteiger partial charge in [-0.05, 0) is 61.4 Å². The van der Waals surface area contributed by atoms with E-state index in [1.807, 2.05) is 46.9 Å². The maximum absolute atomic E-state index is 14.4. The first-order valence-electron chi connectivity index (χ1n) is 15.4. The molecule has 0 radical (unpaired) electrons. The molecule has 0 saturated carbocycles. The normalized spacial score (nSPS) is 34.2. The summed E-state index contributed by atoms with van der Waals surface area (Å²) in [5, 5.41) is 16.3. The third kappa shape index (κ3) is 3.70. The second-order valence-electron chi connectivity index (χ2n) is 13.6. The summed E-state index contributed by atoms with van der Waals surface area (Å²) in [6.07, 6.45) is 6.62. The van der Waals surface area contributed by atoms with Crippen LogP contribution in [0.3, 0.4) is 0 Å². The van der Waals surface area contributed by atoms with Crippen LogP contribution >= 0.6 is 0 Å². The fourth-order valence-electron chi connectivity index (χ4n) is 8.10. The number of nitrogens with zero attached hydrogens (tertiary/aromatic N) is 3. The van der Waals surface area contributed by atoms with Gasteiger partial charge in [0, 0.05) is 42.1 Å². The Bertz CT molecular complexity index is 1510. The van der Waals surface area contributed by atoms with E-state index < -0.39 is 41.5 Å². The summed E-state index contributed by atoms with van der Waals surface area (Å²) in [6.45, 7) is 8.60. The number of amides is 3. The highest BCUT2D eigenvalue weighted by molar-refractivity contribution is 6.01. The van der Waals surface area contributed by atoms with Crippen molar-refractivity contribution in [3.05, 3.63) is 41.6 Å². The average Bonchev–Trinajstić information content (AvgIpc) is 3.65. The van der Waals surface area contributed by atoms with E-state index in [1.54, 1.807) is 4.90 Å². The molecule has 7 rings (SSSR count). The molecule has 0 bridgehead atoms. The van der Waals surface area contributed by atoms with Crippen LogP contribution in [0.2, 0.25) is 0 Å². The van der Waals surface area contributed by atoms with Gasteiger partial charge in [0.2, 0.25) is 17.5 Å². The van der Waals surface area contributed by atoms with E-state index >= 15 is 0 Å². The zero-order valence-corrected chi connectivity index (χ0v) is 25.0. The summed E-state index contributed by atoms with van der Waals surface area (Å²) in [5.41, 5.74) is 2.79. The quantitative estimate of drug-likeness (QED) is 0.504. The molecule has 3 amide bonds. The van der Waals surface area contributed by atoms with Crippen LogP contribution in [0.25, 0.3) is 16.5 Å². The predicted molar refractivity (Wildman–Crippen MR) is 156 cm³/mol. The highest BCUT2D eigenvalue weighted by Crippen LogP contribution is 2.48. The van der Waals surface area contributed by atoms with Gasteiger partial charge in [-0.1, -0.05) is 45.9 Å². The maximum atomic E-state index is 14.4. The number of fused-ring (bicyclic) bond motifs is 5. The molecule has 10 nitrogen and oxygen atoms in total. The largest absolute Gasteiger partial charge is 0.361 e. The number of ether oxygens (including phenoxy) is 1. The minimum absolute atomic E-state index is 0.108. The number of H-pyrrole nitrogens is 1. The SMILES string of the molecule is CC(C)C[C@H]1C(=O)N2CCC[C@@H]2[C@]2(O)O[C@](NC(=O)[C@H]3C=C4c5cccc6[nH]cc(c56)C[C@H]4N(C)C3)(C(C)C)C(=O)N12. The third-order valence-corrected chi connectivity index (χ3v) is 10.2. The summed E-state index contributed by atoms with van der Waals surface area (Å²) < 4.78 is 6.43. The van der Waals surface area contributed by atoms with Crippen molar-refractivity contribution in [1.29, 1.82) is 0 Å². The molecule has 3 N–H and O–H groups in total. The predicted octanol–water partition coefficient (Wildman–Crippen LogP) is 2.43. The number of benzene rings is 1. The van der Waals surface area contributed by atoms with Gasteiger partial charge in [-0.2, -0.15) is 0 Å². The fraction of sp³-hybridized carbons (Fsp3) is 0.594. The Morgan fingerprint density at radius 2 is 2.02 bits per heavy atom. The van der Waals surface area contributed by atoms with E-state index in [9.17, 15) is 19.5 Å². The van der Waals surface area contributed by atoms with Gasteiger partial charge in [0.15, 0.2) is 0 Å². The van der Waals surface area contributed by atoms with Crippen molar-refractivity contribution in [2.75, 3.05) is 20.1 Å². The zero-order valence-electron chi connectivity index (χ0n) is 25.0. The third-order valence-electron chi connectivity index (χ3n) is 10.2. The molecular weight excluding hydrogens is 534 g/mol. The van der Waals surface area contributed by atoms with Gasteiger partial charge in [-0.3, -0.25) is 28.9 Å². The molecule has 4 aliphatic heterocycles. The van der Waals surface area contributed by atoms with Crippen molar-refractivity contribution in [1.82, 2.24) is 25.0 Å². The van der Waals surface area contributed by atoms with Crippen molar-refractivity contribution in [3.63, 3.8) is 0 Å². The molecule has 3 saturated heterocycles. The summed E-state index contributed by atoms with van der Waals surface area (Å²) in [5.74, 6) is -3.97. The summed E-state index contributed by atoms with van der Waals surface area (Å²) in [7, 11) is 2.03. The minimum Gasteiger partial charge on any atom is -0.361 e. The number of aliphatic hydroxyl groups is 1. The highest BCUT2D eigenvalue weighted by atomic mass is 16.7. The van der Waals surface area contributed by atoms with Crippen molar-refractivity contribution in [3.8, 4) is 0 Å². The molecule has 5 heterocycles. The molecule has 224 valence electrons. The van der Waals surface area contributed by atoms with Crippen LogP contribution < -0.4 is 5.32 Å². The van der Waals surface area contributed by atoms with Crippen LogP contribution in [-0.2, 0) is 25.5 Å². The van der Waals surface area contributed by atoms with Gasteiger partial charge in [0.25, 0.3) is 11.8 Å². The van der Waals surface area contributed by atoms with E-state index in [0.717, 1.165) is 29.5 Å². The molecule has 3 fully saturated rings. The number of nitrogens with one attached hydrogen (secondary N) is 2. The molecule has 2 aromatic rings. The standard InChI is InChI=1S/C32H41N5O5/c1-17(2)12-25-29(39)36-11-7-10-26(36)32(41)37(25)30(40)31(42-32,18(3)4)34-28(38)20-13-22-21-8-6-9-23-27(21)19(15-33-23)14-24(22)35(5)16-20/h6,8-9,13,15,17-18,20,24-26,33,41H,7,10-12,14,16H2,1-5H3,(H,34,38)/t20-,24+,25-,26+,31+,32-/m0/s1. The van der Waals surface area contributed by atoms with Crippen molar-refractivity contribution >= 4 is 34.2 Å². The maximum Gasteiger partial charge on any atom is 0.281 e. The van der Waals surface area contributed by atoms with E-state index in [0.29, 0.717) is 25.9 Å². The number of carbonyl (C=O) groups is 3. The average molecular weight is 576 g/mol. The molecule has 5 aliphatic rings. The van der Waals surface area contributed by atoms with Gasteiger partial charge in [0.05, 0.1) is 5.92 Å². The monoisotopic (exact) mass is 575 g/mol. The van der Waals surface area contributed by atoms with Crippen LogP contribution in [0, 0.1) is 17.8 Å². The van der Waals surface area contributed by atoms with Crippen LogP contribution in [0.15, 0.2) is 30.5 Å². The van der Waals surface area contributed by atoms with Gasteiger partial charge < -0.3 is 20.3 Å². The Hall–Kier alpha value is -3.21. The van der Waals surface area contributed by atoms with Crippen LogP contribution in [0.1, 0.15) is 58.1 Å². The minimum atomic E-state index is -2.00. The Morgan fingerprint density at radius 1 is 1.24 bits per heavy atom. The van der Waals surface area contributed by atoms with Crippen LogP contribution in [0.5, 0.6) is 0 Å². The Kier molecular flexibility index (Phi) is 6.18. The van der Waals surface area contributed by atoms with Crippen molar-refractivity contribution in [2.24, 2.45) is 17.8 Å².